The number of aryl methyl sites for hydroxylation is 1. The molecule has 0 aliphatic carbocycles. The van der Waals surface area contributed by atoms with E-state index in [1.54, 1.807) is 18.2 Å². The number of hydrogen-bond donors (Lipinski definition) is 2. The fraction of sp³-hybridized carbons (Fsp3) is 0.444. The summed E-state index contributed by atoms with van der Waals surface area (Å²) in [4.78, 5) is 27.4. The summed E-state index contributed by atoms with van der Waals surface area (Å²) in [5.74, 6) is -0.196. The van der Waals surface area contributed by atoms with Crippen LogP contribution in [0.15, 0.2) is 28.9 Å². The second-order valence-corrected chi connectivity index (χ2v) is 6.89. The number of thiophene rings is 1. The molecule has 0 aliphatic rings. The Morgan fingerprint density at radius 2 is 2.00 bits per heavy atom. The van der Waals surface area contributed by atoms with Crippen molar-refractivity contribution < 1.29 is 14.0 Å². The lowest BCUT2D eigenvalue weighted by Gasteiger charge is -2.26. The molecule has 1 atom stereocenters. The Morgan fingerprint density at radius 3 is 2.60 bits per heavy atom. The van der Waals surface area contributed by atoms with Crippen molar-refractivity contribution in [3.8, 4) is 0 Å². The molecule has 0 saturated heterocycles. The number of likely N-dealkylation sites (N-methyl/N-ethyl adjacent to an activating group) is 1. The van der Waals surface area contributed by atoms with Crippen molar-refractivity contribution in [3.63, 3.8) is 0 Å². The third-order valence-electron chi connectivity index (χ3n) is 4.10. The molecule has 0 saturated carbocycles. The number of carbonyl (C=O) groups is 2. The molecule has 2 rings (SSSR count). The molecule has 2 aromatic rings. The molecule has 136 valence electrons. The van der Waals surface area contributed by atoms with Crippen LogP contribution in [0, 0.1) is 6.92 Å². The van der Waals surface area contributed by atoms with Gasteiger partial charge in [0.15, 0.2) is 5.76 Å². The summed E-state index contributed by atoms with van der Waals surface area (Å²) in [6, 6.07) is 5.33. The van der Waals surface area contributed by atoms with Gasteiger partial charge in [-0.25, -0.2) is 0 Å². The third-order valence-corrected chi connectivity index (χ3v) is 5.25. The minimum atomic E-state index is -0.326. The SMILES string of the molecule is CCN(CC)C(C)CNC(=O)c1sc(NC(=O)c2ccco2)cc1C. The van der Waals surface area contributed by atoms with Gasteiger partial charge < -0.3 is 15.1 Å². The number of furan rings is 1. The summed E-state index contributed by atoms with van der Waals surface area (Å²) in [5, 5.41) is 6.37. The Hall–Kier alpha value is -2.12. The number of hydrogen-bond acceptors (Lipinski definition) is 5. The maximum atomic E-state index is 12.4. The maximum Gasteiger partial charge on any atom is 0.291 e. The van der Waals surface area contributed by atoms with E-state index in [1.165, 1.54) is 17.6 Å². The number of nitrogens with zero attached hydrogens (tertiary/aromatic N) is 1. The second-order valence-electron chi connectivity index (χ2n) is 5.83. The van der Waals surface area contributed by atoms with Gasteiger partial charge in [0, 0.05) is 12.6 Å². The summed E-state index contributed by atoms with van der Waals surface area (Å²) < 4.78 is 5.07. The molecular weight excluding hydrogens is 338 g/mol. The van der Waals surface area contributed by atoms with Crippen LogP contribution in [-0.2, 0) is 0 Å². The smallest absolute Gasteiger partial charge is 0.291 e. The maximum absolute atomic E-state index is 12.4. The highest BCUT2D eigenvalue weighted by atomic mass is 32.1. The minimum absolute atomic E-state index is 0.111. The molecular formula is C18H25N3O3S. The van der Waals surface area contributed by atoms with E-state index in [1.807, 2.05) is 6.92 Å². The molecule has 2 N–H and O–H groups in total. The topological polar surface area (TPSA) is 74.6 Å². The number of amides is 2. The van der Waals surface area contributed by atoms with Crippen molar-refractivity contribution in [3.05, 3.63) is 40.7 Å². The van der Waals surface area contributed by atoms with Crippen LogP contribution >= 0.6 is 11.3 Å². The molecule has 2 amide bonds. The number of anilines is 1. The summed E-state index contributed by atoms with van der Waals surface area (Å²) in [5.41, 5.74) is 0.840. The first-order chi connectivity index (χ1) is 12.0. The molecule has 6 nitrogen and oxygen atoms in total. The van der Waals surface area contributed by atoms with Gasteiger partial charge >= 0.3 is 0 Å². The molecule has 2 aromatic heterocycles. The van der Waals surface area contributed by atoms with Crippen molar-refractivity contribution in [1.29, 1.82) is 0 Å². The fourth-order valence-electron chi connectivity index (χ4n) is 2.65. The van der Waals surface area contributed by atoms with E-state index >= 15 is 0 Å². The average molecular weight is 363 g/mol. The number of carbonyl (C=O) groups excluding carboxylic acids is 2. The summed E-state index contributed by atoms with van der Waals surface area (Å²) >= 11 is 1.27. The highest BCUT2D eigenvalue weighted by Gasteiger charge is 2.18. The summed E-state index contributed by atoms with van der Waals surface area (Å²) in [6.45, 7) is 10.7. The van der Waals surface area contributed by atoms with Gasteiger partial charge in [0.1, 0.15) is 0 Å². The van der Waals surface area contributed by atoms with E-state index in [9.17, 15) is 9.59 Å². The van der Waals surface area contributed by atoms with Gasteiger partial charge in [0.2, 0.25) is 0 Å². The van der Waals surface area contributed by atoms with Gasteiger partial charge in [0.25, 0.3) is 11.8 Å². The Bertz CT molecular complexity index is 705. The molecule has 0 aliphatic heterocycles. The lowest BCUT2D eigenvalue weighted by Crippen LogP contribution is -2.41. The zero-order valence-electron chi connectivity index (χ0n) is 15.1. The lowest BCUT2D eigenvalue weighted by atomic mass is 10.2. The largest absolute Gasteiger partial charge is 0.459 e. The van der Waals surface area contributed by atoms with Gasteiger partial charge in [-0.15, -0.1) is 11.3 Å². The van der Waals surface area contributed by atoms with E-state index in [4.69, 9.17) is 4.42 Å². The highest BCUT2D eigenvalue weighted by molar-refractivity contribution is 7.18. The van der Waals surface area contributed by atoms with Gasteiger partial charge in [0.05, 0.1) is 16.1 Å². The zero-order valence-corrected chi connectivity index (χ0v) is 15.9. The quantitative estimate of drug-likeness (QED) is 0.754. The molecule has 1 unspecified atom stereocenters. The molecule has 2 heterocycles. The zero-order chi connectivity index (χ0) is 18.4. The second kappa shape index (κ2) is 8.82. The van der Waals surface area contributed by atoms with Crippen LogP contribution in [0.2, 0.25) is 0 Å². The van der Waals surface area contributed by atoms with E-state index in [2.05, 4.69) is 36.3 Å². The van der Waals surface area contributed by atoms with E-state index in [0.717, 1.165) is 18.7 Å². The van der Waals surface area contributed by atoms with Crippen LogP contribution in [0.1, 0.15) is 46.6 Å². The molecule has 7 heteroatoms. The fourth-order valence-corrected chi connectivity index (χ4v) is 3.63. The monoisotopic (exact) mass is 363 g/mol. The van der Waals surface area contributed by atoms with Gasteiger partial charge in [-0.05, 0) is 50.7 Å². The molecule has 0 fully saturated rings. The van der Waals surface area contributed by atoms with Crippen molar-refractivity contribution in [2.45, 2.75) is 33.7 Å². The molecule has 0 bridgehead atoms. The first kappa shape index (κ1) is 19.2. The van der Waals surface area contributed by atoms with E-state index < -0.39 is 0 Å². The number of nitrogens with one attached hydrogen (secondary N) is 2. The van der Waals surface area contributed by atoms with Gasteiger partial charge in [-0.3, -0.25) is 14.5 Å². The molecule has 25 heavy (non-hydrogen) atoms. The Balaban J connectivity index is 1.97. The number of rotatable bonds is 8. The average Bonchev–Trinajstić information content (AvgIpc) is 3.23. The van der Waals surface area contributed by atoms with E-state index in [0.29, 0.717) is 16.4 Å². The van der Waals surface area contributed by atoms with Gasteiger partial charge in [-0.2, -0.15) is 0 Å². The first-order valence-electron chi connectivity index (χ1n) is 8.43. The normalized spacial score (nSPS) is 12.2. The van der Waals surface area contributed by atoms with Gasteiger partial charge in [-0.1, -0.05) is 13.8 Å². The lowest BCUT2D eigenvalue weighted by molar-refractivity contribution is 0.0940. The van der Waals surface area contributed by atoms with Crippen molar-refractivity contribution in [1.82, 2.24) is 10.2 Å². The Kier molecular flexibility index (Phi) is 6.78. The van der Waals surface area contributed by atoms with Crippen LogP contribution in [-0.4, -0.2) is 42.4 Å². The van der Waals surface area contributed by atoms with Crippen molar-refractivity contribution in [2.24, 2.45) is 0 Å². The Morgan fingerprint density at radius 1 is 1.28 bits per heavy atom. The predicted octanol–water partition coefficient (Wildman–Crippen LogP) is 3.36. The first-order valence-corrected chi connectivity index (χ1v) is 9.25. The van der Waals surface area contributed by atoms with Crippen molar-refractivity contribution >= 4 is 28.2 Å². The van der Waals surface area contributed by atoms with Crippen LogP contribution in [0.5, 0.6) is 0 Å². The summed E-state index contributed by atoms with van der Waals surface area (Å²) in [7, 11) is 0. The van der Waals surface area contributed by atoms with Crippen molar-refractivity contribution in [2.75, 3.05) is 25.0 Å². The minimum Gasteiger partial charge on any atom is -0.459 e. The summed E-state index contributed by atoms with van der Waals surface area (Å²) in [6.07, 6.45) is 1.45. The van der Waals surface area contributed by atoms with Crippen LogP contribution in [0.4, 0.5) is 5.00 Å². The van der Waals surface area contributed by atoms with Crippen LogP contribution < -0.4 is 10.6 Å². The molecule has 0 spiro atoms. The Labute approximate surface area is 152 Å². The predicted molar refractivity (Wildman–Crippen MR) is 100 cm³/mol. The van der Waals surface area contributed by atoms with E-state index in [-0.39, 0.29) is 23.6 Å². The van der Waals surface area contributed by atoms with Crippen LogP contribution in [0.3, 0.4) is 0 Å². The molecule has 0 aromatic carbocycles. The standard InChI is InChI=1S/C18H25N3O3S/c1-5-21(6-2)13(4)11-19-18(23)16-12(3)10-15(25-16)20-17(22)14-8-7-9-24-14/h7-10,13H,5-6,11H2,1-4H3,(H,19,23)(H,20,22). The highest BCUT2D eigenvalue weighted by Crippen LogP contribution is 2.27. The molecule has 0 radical (unpaired) electrons. The third kappa shape index (κ3) is 4.93. The van der Waals surface area contributed by atoms with Crippen LogP contribution in [0.25, 0.3) is 0 Å².